The van der Waals surface area contributed by atoms with Crippen molar-refractivity contribution < 1.29 is 0 Å². The summed E-state index contributed by atoms with van der Waals surface area (Å²) in [7, 11) is 0. The average molecular weight is 1840 g/mol. The first-order chi connectivity index (χ1) is 70.1. The molecule has 0 N–H and O–H groups in total. The number of hydrogen-bond acceptors (Lipinski definition) is 11. The predicted octanol–water partition coefficient (Wildman–Crippen LogP) is 32.6. The van der Waals surface area contributed by atoms with E-state index in [9.17, 15) is 0 Å². The number of benzene rings is 17. The van der Waals surface area contributed by atoms with Crippen LogP contribution in [0.2, 0.25) is 0 Å². The first-order valence-electron chi connectivity index (χ1n) is 48.6. The van der Waals surface area contributed by atoms with Crippen molar-refractivity contribution in [3.63, 3.8) is 0 Å². The number of hydrogen-bond donors (Lipinski definition) is 0. The summed E-state index contributed by atoms with van der Waals surface area (Å²) < 4.78 is 0. The lowest BCUT2D eigenvalue weighted by atomic mass is 9.80. The van der Waals surface area contributed by atoms with Gasteiger partial charge in [0.1, 0.15) is 0 Å². The molecule has 0 fully saturated rings. The van der Waals surface area contributed by atoms with Crippen LogP contribution < -0.4 is 0 Å². The fourth-order valence-electron chi connectivity index (χ4n) is 21.3. The Balaban J connectivity index is 0.000000116. The zero-order chi connectivity index (χ0) is 96.3. The monoisotopic (exact) mass is 1830 g/mol. The third kappa shape index (κ3) is 16.5. The molecule has 678 valence electrons. The van der Waals surface area contributed by atoms with Crippen molar-refractivity contribution in [1.82, 2.24) is 54.8 Å². The van der Waals surface area contributed by atoms with Crippen LogP contribution in [0.1, 0.15) is 74.9 Å². The minimum absolute atomic E-state index is 0.0245. The summed E-state index contributed by atoms with van der Waals surface area (Å²) >= 11 is 0. The van der Waals surface area contributed by atoms with Crippen molar-refractivity contribution in [3.8, 4) is 202 Å². The van der Waals surface area contributed by atoms with Gasteiger partial charge >= 0.3 is 0 Å². The minimum atomic E-state index is -0.126. The van der Waals surface area contributed by atoms with Crippen LogP contribution in [0.3, 0.4) is 0 Å². The van der Waals surface area contributed by atoms with E-state index in [4.69, 9.17) is 39.9 Å². The second kappa shape index (κ2) is 36.6. The Bertz CT molecular complexity index is 8780. The molecule has 0 saturated carbocycles. The van der Waals surface area contributed by atoms with Crippen molar-refractivity contribution in [2.75, 3.05) is 0 Å². The molecule has 6 heterocycles. The van der Waals surface area contributed by atoms with E-state index in [1.54, 1.807) is 18.6 Å². The fraction of sp³-hybridized carbons (Fsp3) is 0.0682. The molecule has 6 aromatic heterocycles. The molecule has 0 spiro atoms. The standard InChI is InChI=1S/2C45H32N4.C42H31N3/c1-45(2)39-19-9-18-36(40(39)38-25-24-30-11-6-7-17-37(30)41(38)45)33-14-8-15-34(27-33)44-48-42(31-12-4-3-5-13-31)47-43(49-44)32-22-20-29(21-23-32)35-16-10-26-46-28-35;1-45(2)38-19-9-18-37(41(38)40-36-17-7-6-11-30(36)24-25-39(40)45)33-14-8-15-34(27-33)44-48-42(31-12-4-3-5-13-31)47-43(49-44)32-22-20-29(21-23-32)35-16-10-26-46-28-35;1-42(2)37-13-7-6-12-35(37)36-23-22-33(25-38(36)42)28-14-18-31(19-15-28)40-26-39(30-9-4-3-5-10-30)44-41(45-40)32-20-16-29(17-21-32)34-11-8-24-43-27-34/h2*3-28H,1-2H3;3-27H,1-2H3. The van der Waals surface area contributed by atoms with E-state index in [0.717, 1.165) is 106 Å². The highest BCUT2D eigenvalue weighted by Crippen LogP contribution is 2.58. The molecule has 0 atom stereocenters. The molecule has 0 aliphatic heterocycles. The summed E-state index contributed by atoms with van der Waals surface area (Å²) in [5, 5.41) is 5.14. The maximum absolute atomic E-state index is 5.07. The van der Waals surface area contributed by atoms with Gasteiger partial charge in [0.15, 0.2) is 40.8 Å². The first kappa shape index (κ1) is 87.6. The van der Waals surface area contributed by atoms with E-state index in [1.165, 1.54) is 111 Å². The van der Waals surface area contributed by atoms with Gasteiger partial charge in [0.05, 0.1) is 11.4 Å². The molecule has 3 aliphatic carbocycles. The minimum Gasteiger partial charge on any atom is -0.264 e. The lowest BCUT2D eigenvalue weighted by Crippen LogP contribution is -2.15. The highest BCUT2D eigenvalue weighted by atomic mass is 15.0. The molecule has 11 nitrogen and oxygen atoms in total. The van der Waals surface area contributed by atoms with E-state index in [0.29, 0.717) is 40.8 Å². The summed E-state index contributed by atoms with van der Waals surface area (Å²) in [5.74, 6) is 4.54. The Morgan fingerprint density at radius 3 is 0.972 bits per heavy atom. The Labute approximate surface area is 832 Å². The van der Waals surface area contributed by atoms with Crippen LogP contribution in [-0.4, -0.2) is 54.8 Å². The number of rotatable bonds is 15. The van der Waals surface area contributed by atoms with Crippen molar-refractivity contribution in [2.45, 2.75) is 57.8 Å². The van der Waals surface area contributed by atoms with Gasteiger partial charge in [-0.15, -0.1) is 0 Å². The first-order valence-corrected chi connectivity index (χ1v) is 48.6. The van der Waals surface area contributed by atoms with Crippen LogP contribution in [0, 0.1) is 0 Å². The van der Waals surface area contributed by atoms with Gasteiger partial charge in [-0.3, -0.25) is 15.0 Å². The van der Waals surface area contributed by atoms with Gasteiger partial charge in [-0.2, -0.15) is 0 Å². The van der Waals surface area contributed by atoms with E-state index >= 15 is 0 Å². The summed E-state index contributed by atoms with van der Waals surface area (Å²) in [6.07, 6.45) is 11.0. The molecule has 23 aromatic rings. The van der Waals surface area contributed by atoms with Crippen LogP contribution in [-0.2, 0) is 16.2 Å². The molecule has 0 amide bonds. The summed E-state index contributed by atoms with van der Waals surface area (Å²) in [4.78, 5) is 53.0. The number of fused-ring (bicyclic) bond motifs is 13. The van der Waals surface area contributed by atoms with Gasteiger partial charge < -0.3 is 0 Å². The van der Waals surface area contributed by atoms with Crippen LogP contribution in [0.25, 0.3) is 224 Å². The van der Waals surface area contributed by atoms with Crippen LogP contribution in [0.5, 0.6) is 0 Å². The molecular formula is C132H95N11. The summed E-state index contributed by atoms with van der Waals surface area (Å²) in [6, 6.07) is 152. The van der Waals surface area contributed by atoms with Crippen LogP contribution in [0.4, 0.5) is 0 Å². The topological polar surface area (TPSA) is 142 Å². The molecular weight excluding hydrogens is 1740 g/mol. The number of pyridine rings is 3. The van der Waals surface area contributed by atoms with Gasteiger partial charge in [-0.25, -0.2) is 39.9 Å². The Morgan fingerprint density at radius 1 is 0.161 bits per heavy atom. The SMILES string of the molecule is CC1(C)c2cccc(-c3cccc(-c4nc(-c5ccccc5)nc(-c5ccc(-c6cccnc6)cc5)n4)c3)c2-c2c1ccc1ccccc21.CC1(C)c2cccc(-c3cccc(-c4nc(-c5ccccc5)nc(-c5ccc(-c6cccnc6)cc5)n4)c3)c2-c2ccc3ccccc3c21.CC1(C)c2ccccc2-c2ccc(-c3ccc(-c4cc(-c5ccccc5)nc(-c5ccc(-c6cccnc6)cc5)n4)cc3)cc21. The molecule has 143 heavy (non-hydrogen) atoms. The van der Waals surface area contributed by atoms with Crippen LogP contribution >= 0.6 is 0 Å². The average Bonchev–Trinajstić information content (AvgIpc) is 1.57. The van der Waals surface area contributed by atoms with Crippen molar-refractivity contribution in [2.24, 2.45) is 0 Å². The normalized spacial score (nSPS) is 12.9. The number of nitrogens with zero attached hydrogens (tertiary/aromatic N) is 11. The molecule has 0 radical (unpaired) electrons. The highest BCUT2D eigenvalue weighted by Gasteiger charge is 2.41. The predicted molar refractivity (Wildman–Crippen MR) is 584 cm³/mol. The van der Waals surface area contributed by atoms with Gasteiger partial charge in [-0.05, 0) is 198 Å². The maximum atomic E-state index is 5.07. The second-order valence-electron chi connectivity index (χ2n) is 38.4. The highest BCUT2D eigenvalue weighted by molar-refractivity contribution is 6.07. The third-order valence-corrected chi connectivity index (χ3v) is 28.7. The molecule has 0 unspecified atom stereocenters. The quantitative estimate of drug-likeness (QED) is 0.0968. The largest absolute Gasteiger partial charge is 0.264 e. The zero-order valence-corrected chi connectivity index (χ0v) is 79.9. The van der Waals surface area contributed by atoms with Crippen molar-refractivity contribution in [3.05, 3.63) is 501 Å². The maximum Gasteiger partial charge on any atom is 0.164 e. The lowest BCUT2D eigenvalue weighted by molar-refractivity contribution is 0.660. The molecule has 3 aliphatic rings. The Morgan fingerprint density at radius 2 is 0.476 bits per heavy atom. The van der Waals surface area contributed by atoms with E-state index in [1.807, 2.05) is 116 Å². The molecule has 17 aromatic carbocycles. The third-order valence-electron chi connectivity index (χ3n) is 28.7. The number of aromatic nitrogens is 11. The smallest absolute Gasteiger partial charge is 0.164 e. The van der Waals surface area contributed by atoms with E-state index in [2.05, 4.69) is 390 Å². The summed E-state index contributed by atoms with van der Waals surface area (Å²) in [6.45, 7) is 14.0. The molecule has 11 heteroatoms. The molecule has 26 rings (SSSR count). The van der Waals surface area contributed by atoms with Gasteiger partial charge in [0.2, 0.25) is 0 Å². The molecule has 0 bridgehead atoms. The lowest BCUT2D eigenvalue weighted by Gasteiger charge is -2.23. The fourth-order valence-corrected chi connectivity index (χ4v) is 21.3. The van der Waals surface area contributed by atoms with Crippen molar-refractivity contribution in [1.29, 1.82) is 0 Å². The Hall–Kier alpha value is -18.2. The zero-order valence-electron chi connectivity index (χ0n) is 79.9. The second-order valence-corrected chi connectivity index (χ2v) is 38.4. The van der Waals surface area contributed by atoms with E-state index in [-0.39, 0.29) is 16.2 Å². The van der Waals surface area contributed by atoms with Gasteiger partial charge in [0.25, 0.3) is 0 Å². The molecule has 0 saturated heterocycles. The summed E-state index contributed by atoms with van der Waals surface area (Å²) in [5.41, 5.74) is 40.1. The van der Waals surface area contributed by atoms with E-state index < -0.39 is 0 Å². The van der Waals surface area contributed by atoms with Gasteiger partial charge in [0, 0.05) is 103 Å². The Kier molecular flexibility index (Phi) is 22.4. The van der Waals surface area contributed by atoms with Crippen LogP contribution in [0.15, 0.2) is 468 Å². The van der Waals surface area contributed by atoms with Gasteiger partial charge in [-0.1, -0.05) is 430 Å². The van der Waals surface area contributed by atoms with Crippen molar-refractivity contribution >= 4 is 21.5 Å².